The molecule has 1 saturated carbocycles. The predicted molar refractivity (Wildman–Crippen MR) is 78.6 cm³/mol. The minimum absolute atomic E-state index is 0.00131. The van der Waals surface area contributed by atoms with E-state index in [-0.39, 0.29) is 18.1 Å². The fourth-order valence-corrected chi connectivity index (χ4v) is 5.38. The maximum absolute atomic E-state index is 12.9. The Hall–Kier alpha value is 0.0600. The van der Waals surface area contributed by atoms with Gasteiger partial charge in [0.05, 0.1) is 11.5 Å². The molecule has 3 rings (SSSR count). The topological polar surface area (TPSA) is 21.3 Å². The highest BCUT2D eigenvalue weighted by atomic mass is 32.2. The number of ether oxygens (including phenoxy) is 1. The van der Waals surface area contributed by atoms with E-state index in [2.05, 4.69) is 5.32 Å². The zero-order valence-corrected chi connectivity index (χ0v) is 13.1. The molecule has 6 heteroatoms. The van der Waals surface area contributed by atoms with Crippen molar-refractivity contribution in [1.82, 2.24) is 5.32 Å². The molecule has 2 saturated heterocycles. The van der Waals surface area contributed by atoms with Crippen molar-refractivity contribution in [2.24, 2.45) is 5.92 Å². The fourth-order valence-electron chi connectivity index (χ4n) is 4.01. The molecule has 3 fully saturated rings. The van der Waals surface area contributed by atoms with Crippen molar-refractivity contribution in [2.75, 3.05) is 18.1 Å². The van der Waals surface area contributed by atoms with Gasteiger partial charge in [-0.05, 0) is 44.3 Å². The highest BCUT2D eigenvalue weighted by Gasteiger charge is 2.44. The van der Waals surface area contributed by atoms with Crippen molar-refractivity contribution in [1.29, 1.82) is 0 Å². The number of alkyl halides is 3. The molecular formula is C15H24F3NOS. The van der Waals surface area contributed by atoms with E-state index < -0.39 is 12.1 Å². The van der Waals surface area contributed by atoms with Gasteiger partial charge in [-0.25, -0.2) is 0 Å². The van der Waals surface area contributed by atoms with Crippen LogP contribution in [0.5, 0.6) is 0 Å². The Morgan fingerprint density at radius 2 is 2.00 bits per heavy atom. The van der Waals surface area contributed by atoms with Crippen LogP contribution in [-0.2, 0) is 4.74 Å². The molecule has 2 aliphatic heterocycles. The summed E-state index contributed by atoms with van der Waals surface area (Å²) in [6.07, 6.45) is 1.08. The third-order valence-electron chi connectivity index (χ3n) is 5.17. The van der Waals surface area contributed by atoms with Gasteiger partial charge in [0.15, 0.2) is 0 Å². The van der Waals surface area contributed by atoms with Gasteiger partial charge in [-0.3, -0.25) is 0 Å². The van der Waals surface area contributed by atoms with Crippen LogP contribution in [0.4, 0.5) is 13.2 Å². The van der Waals surface area contributed by atoms with E-state index in [1.165, 1.54) is 0 Å². The first kappa shape index (κ1) is 15.9. The van der Waals surface area contributed by atoms with Crippen LogP contribution in [0.3, 0.4) is 0 Å². The van der Waals surface area contributed by atoms with Gasteiger partial charge in [0.2, 0.25) is 0 Å². The standard InChI is InChI=1S/C15H24F3NOS/c16-15(17,18)11-2-1-3-12(8-11)19-13-4-6-20-14(9-13)5-7-21-10-14/h11-13,19H,1-10H2/t11-,12+,13-,14-/m1/s1. The van der Waals surface area contributed by atoms with Gasteiger partial charge in [-0.2, -0.15) is 24.9 Å². The monoisotopic (exact) mass is 323 g/mol. The Balaban J connectivity index is 1.53. The normalized spacial score (nSPS) is 41.6. The molecule has 0 amide bonds. The smallest absolute Gasteiger partial charge is 0.374 e. The summed E-state index contributed by atoms with van der Waals surface area (Å²) in [5.41, 5.74) is -0.00131. The summed E-state index contributed by atoms with van der Waals surface area (Å²) in [5, 5.41) is 3.52. The quantitative estimate of drug-likeness (QED) is 0.836. The van der Waals surface area contributed by atoms with Crippen LogP contribution >= 0.6 is 11.8 Å². The lowest BCUT2D eigenvalue weighted by Gasteiger charge is -2.41. The minimum Gasteiger partial charge on any atom is -0.374 e. The third kappa shape index (κ3) is 3.88. The van der Waals surface area contributed by atoms with Crippen molar-refractivity contribution in [3.63, 3.8) is 0 Å². The van der Waals surface area contributed by atoms with Crippen molar-refractivity contribution in [3.05, 3.63) is 0 Å². The van der Waals surface area contributed by atoms with Crippen LogP contribution in [0.25, 0.3) is 0 Å². The molecule has 0 aromatic heterocycles. The average molecular weight is 323 g/mol. The second-order valence-corrected chi connectivity index (χ2v) is 7.90. The van der Waals surface area contributed by atoms with Crippen LogP contribution < -0.4 is 5.32 Å². The lowest BCUT2D eigenvalue weighted by atomic mass is 9.83. The van der Waals surface area contributed by atoms with Gasteiger partial charge in [0.1, 0.15) is 0 Å². The molecule has 3 aliphatic rings. The largest absolute Gasteiger partial charge is 0.391 e. The van der Waals surface area contributed by atoms with Crippen molar-refractivity contribution >= 4 is 11.8 Å². The molecule has 0 radical (unpaired) electrons. The van der Waals surface area contributed by atoms with Gasteiger partial charge < -0.3 is 10.1 Å². The molecule has 122 valence electrons. The highest BCUT2D eigenvalue weighted by Crippen LogP contribution is 2.40. The summed E-state index contributed by atoms with van der Waals surface area (Å²) in [6.45, 7) is 0.744. The first-order chi connectivity index (χ1) is 9.97. The molecule has 2 heterocycles. The fraction of sp³-hybridized carbons (Fsp3) is 1.00. The van der Waals surface area contributed by atoms with Gasteiger partial charge >= 0.3 is 6.18 Å². The summed E-state index contributed by atoms with van der Waals surface area (Å²) in [5.74, 6) is 1.08. The van der Waals surface area contributed by atoms with E-state index in [4.69, 9.17) is 4.74 Å². The Morgan fingerprint density at radius 1 is 1.14 bits per heavy atom. The van der Waals surface area contributed by atoms with Gasteiger partial charge in [0.25, 0.3) is 0 Å². The number of nitrogens with one attached hydrogen (secondary N) is 1. The zero-order valence-electron chi connectivity index (χ0n) is 12.3. The second-order valence-electron chi connectivity index (χ2n) is 6.79. The first-order valence-electron chi connectivity index (χ1n) is 8.01. The Bertz CT molecular complexity index is 357. The maximum Gasteiger partial charge on any atom is 0.391 e. The summed E-state index contributed by atoms with van der Waals surface area (Å²) in [6, 6.07) is 0.356. The Labute approximate surface area is 128 Å². The second kappa shape index (κ2) is 6.28. The Morgan fingerprint density at radius 3 is 2.71 bits per heavy atom. The van der Waals surface area contributed by atoms with E-state index in [0.717, 1.165) is 43.8 Å². The molecule has 21 heavy (non-hydrogen) atoms. The zero-order chi connectivity index (χ0) is 14.9. The number of thioether (sulfide) groups is 1. The van der Waals surface area contributed by atoms with Crippen LogP contribution in [0.1, 0.15) is 44.9 Å². The van der Waals surface area contributed by atoms with Crippen LogP contribution in [0, 0.1) is 5.92 Å². The van der Waals surface area contributed by atoms with Gasteiger partial charge in [0, 0.05) is 24.4 Å². The molecule has 0 unspecified atom stereocenters. The first-order valence-corrected chi connectivity index (χ1v) is 9.17. The molecule has 4 atom stereocenters. The van der Waals surface area contributed by atoms with E-state index in [1.807, 2.05) is 11.8 Å². The molecular weight excluding hydrogens is 299 g/mol. The van der Waals surface area contributed by atoms with Crippen LogP contribution in [0.15, 0.2) is 0 Å². The Kier molecular flexibility index (Phi) is 4.77. The average Bonchev–Trinajstić information content (AvgIpc) is 2.86. The van der Waals surface area contributed by atoms with E-state index in [0.29, 0.717) is 18.9 Å². The lowest BCUT2D eigenvalue weighted by Crippen LogP contribution is -2.51. The summed E-state index contributed by atoms with van der Waals surface area (Å²) in [7, 11) is 0. The molecule has 1 N–H and O–H groups in total. The highest BCUT2D eigenvalue weighted by molar-refractivity contribution is 7.99. The molecule has 1 aliphatic carbocycles. The van der Waals surface area contributed by atoms with Crippen molar-refractivity contribution in [3.8, 4) is 0 Å². The number of hydrogen-bond donors (Lipinski definition) is 1. The van der Waals surface area contributed by atoms with E-state index in [1.54, 1.807) is 0 Å². The van der Waals surface area contributed by atoms with Crippen LogP contribution in [-0.4, -0.2) is 42.0 Å². The third-order valence-corrected chi connectivity index (χ3v) is 6.39. The summed E-state index contributed by atoms with van der Waals surface area (Å²) >= 11 is 1.93. The molecule has 0 bridgehead atoms. The van der Waals surface area contributed by atoms with E-state index >= 15 is 0 Å². The maximum atomic E-state index is 12.9. The summed E-state index contributed by atoms with van der Waals surface area (Å²) in [4.78, 5) is 0. The van der Waals surface area contributed by atoms with Crippen LogP contribution in [0.2, 0.25) is 0 Å². The van der Waals surface area contributed by atoms with E-state index in [9.17, 15) is 13.2 Å². The number of halogens is 3. The number of rotatable bonds is 2. The van der Waals surface area contributed by atoms with Crippen molar-refractivity contribution < 1.29 is 17.9 Å². The van der Waals surface area contributed by atoms with Gasteiger partial charge in [-0.15, -0.1) is 0 Å². The number of hydrogen-bond acceptors (Lipinski definition) is 3. The lowest BCUT2D eigenvalue weighted by molar-refractivity contribution is -0.184. The molecule has 0 aromatic carbocycles. The minimum atomic E-state index is -4.03. The molecule has 0 aromatic rings. The molecule has 1 spiro atoms. The summed E-state index contributed by atoms with van der Waals surface area (Å²) < 4.78 is 44.6. The molecule has 2 nitrogen and oxygen atoms in total. The SMILES string of the molecule is FC(F)(F)[C@@H]1CCC[C@H](N[C@@H]2CCO[C@]3(CCSC3)C2)C1. The van der Waals surface area contributed by atoms with Gasteiger partial charge in [-0.1, -0.05) is 6.42 Å². The van der Waals surface area contributed by atoms with Crippen molar-refractivity contribution in [2.45, 2.75) is 68.8 Å². The predicted octanol–water partition coefficient (Wildman–Crippen LogP) is 3.75.